The molecule has 6 atom stereocenters. The fourth-order valence-corrected chi connectivity index (χ4v) is 4.55. The fourth-order valence-electron chi connectivity index (χ4n) is 4.55. The van der Waals surface area contributed by atoms with Gasteiger partial charge in [-0.1, -0.05) is 60.7 Å². The third-order valence-electron chi connectivity index (χ3n) is 5.83. The van der Waals surface area contributed by atoms with Gasteiger partial charge in [-0.3, -0.25) is 4.79 Å². The van der Waals surface area contributed by atoms with Gasteiger partial charge in [-0.2, -0.15) is 0 Å². The van der Waals surface area contributed by atoms with E-state index in [0.29, 0.717) is 31.2 Å². The second-order valence-electron chi connectivity index (χ2n) is 8.42. The van der Waals surface area contributed by atoms with E-state index in [1.165, 1.54) is 0 Å². The maximum atomic E-state index is 10.8. The van der Waals surface area contributed by atoms with E-state index >= 15 is 0 Å². The minimum absolute atomic E-state index is 0.111. The topological polar surface area (TPSA) is 88.0 Å². The Morgan fingerprint density at radius 2 is 1.42 bits per heavy atom. The summed E-state index contributed by atoms with van der Waals surface area (Å²) in [5.74, 6) is -0.465. The van der Waals surface area contributed by atoms with Crippen molar-refractivity contribution in [1.29, 1.82) is 0 Å². The lowest BCUT2D eigenvalue weighted by atomic mass is 9.78. The molecule has 0 aromatic heterocycles. The fraction of sp³-hybridized carbons (Fsp3) is 0.480. The number of hydrogen-bond donors (Lipinski definition) is 3. The molecule has 2 fully saturated rings. The Kier molecular flexibility index (Phi) is 8.60. The normalized spacial score (nSPS) is 29.5. The number of ether oxygens (including phenoxy) is 2. The quantitative estimate of drug-likeness (QED) is 0.655. The molecule has 0 unspecified atom stereocenters. The summed E-state index contributed by atoms with van der Waals surface area (Å²) in [5.41, 5.74) is 2.27. The van der Waals surface area contributed by atoms with Gasteiger partial charge in [-0.05, 0) is 30.9 Å². The molecule has 0 spiro atoms. The van der Waals surface area contributed by atoms with E-state index in [1.807, 2.05) is 36.4 Å². The van der Waals surface area contributed by atoms with E-state index in [0.717, 1.165) is 30.9 Å². The van der Waals surface area contributed by atoms with Gasteiger partial charge in [0.05, 0.1) is 25.4 Å². The molecule has 2 aliphatic rings. The van der Waals surface area contributed by atoms with Crippen molar-refractivity contribution in [1.82, 2.24) is 5.32 Å². The van der Waals surface area contributed by atoms with Crippen molar-refractivity contribution in [3.63, 3.8) is 0 Å². The highest BCUT2D eigenvalue weighted by Crippen LogP contribution is 2.37. The number of hydrogen-bond acceptors (Lipinski definition) is 5. The van der Waals surface area contributed by atoms with Crippen molar-refractivity contribution in [2.45, 2.75) is 70.3 Å². The Balaban J connectivity index is 0.000000628. The van der Waals surface area contributed by atoms with Crippen molar-refractivity contribution in [2.24, 2.45) is 5.92 Å². The summed E-state index contributed by atoms with van der Waals surface area (Å²) in [6.45, 7) is 4.33. The number of nitrogens with one attached hydrogen (secondary N) is 1. The number of rotatable bonds is 6. The standard InChI is InChI=1S/C23H29NO3.C2H4O2/c1-16-12-19-20(24-16)13-21(25)23(27-15-18-10-6-3-7-11-18)22(19)26-14-17-8-4-2-5-9-17;1-2(3)4/h2-11,16,19-25H,12-15H2,1H3;1H3,(H,3,4)/t16-,19-,20+,21-,22+,23-;/m1./s1. The van der Waals surface area contributed by atoms with Crippen LogP contribution < -0.4 is 5.32 Å². The van der Waals surface area contributed by atoms with E-state index in [9.17, 15) is 5.11 Å². The van der Waals surface area contributed by atoms with Crippen molar-refractivity contribution in [3.8, 4) is 0 Å². The Bertz CT molecular complexity index is 796. The average Bonchev–Trinajstić information content (AvgIpc) is 3.11. The Hall–Kier alpha value is -2.25. The molecule has 1 saturated carbocycles. The van der Waals surface area contributed by atoms with Crippen LogP contribution in [0.5, 0.6) is 0 Å². The smallest absolute Gasteiger partial charge is 0.300 e. The van der Waals surface area contributed by atoms with Crippen LogP contribution in [0.1, 0.15) is 37.8 Å². The van der Waals surface area contributed by atoms with E-state index < -0.39 is 12.1 Å². The van der Waals surface area contributed by atoms with Gasteiger partial charge in [0, 0.05) is 24.9 Å². The highest BCUT2D eigenvalue weighted by atomic mass is 16.5. The van der Waals surface area contributed by atoms with Crippen LogP contribution in [-0.2, 0) is 27.5 Å². The summed E-state index contributed by atoms with van der Waals surface area (Å²) < 4.78 is 12.6. The summed E-state index contributed by atoms with van der Waals surface area (Å²) >= 11 is 0. The molecule has 1 aliphatic carbocycles. The van der Waals surface area contributed by atoms with Gasteiger partial charge in [0.25, 0.3) is 5.97 Å². The molecule has 2 aromatic rings. The van der Waals surface area contributed by atoms with Crippen molar-refractivity contribution < 1.29 is 24.5 Å². The monoisotopic (exact) mass is 427 g/mol. The lowest BCUT2D eigenvalue weighted by Gasteiger charge is -2.42. The first-order chi connectivity index (χ1) is 14.9. The van der Waals surface area contributed by atoms with Crippen LogP contribution in [0.2, 0.25) is 0 Å². The van der Waals surface area contributed by atoms with Gasteiger partial charge >= 0.3 is 0 Å². The zero-order valence-corrected chi connectivity index (χ0v) is 18.2. The number of carboxylic acids is 1. The number of carboxylic acid groups (broad SMARTS) is 1. The van der Waals surface area contributed by atoms with Crippen LogP contribution in [0.4, 0.5) is 0 Å². The Labute approximate surface area is 184 Å². The molecule has 168 valence electrons. The molecule has 1 aliphatic heterocycles. The summed E-state index contributed by atoms with van der Waals surface area (Å²) in [6.07, 6.45) is 0.845. The van der Waals surface area contributed by atoms with Crippen LogP contribution in [0.3, 0.4) is 0 Å². The summed E-state index contributed by atoms with van der Waals surface area (Å²) in [7, 11) is 0. The third kappa shape index (κ3) is 6.87. The average molecular weight is 428 g/mol. The van der Waals surface area contributed by atoms with E-state index in [-0.39, 0.29) is 12.2 Å². The number of aliphatic carboxylic acids is 1. The predicted octanol–water partition coefficient (Wildman–Crippen LogP) is 3.38. The molecular formula is C25H33NO5. The van der Waals surface area contributed by atoms with Gasteiger partial charge in [-0.15, -0.1) is 0 Å². The zero-order chi connectivity index (χ0) is 22.2. The van der Waals surface area contributed by atoms with Gasteiger partial charge in [0.2, 0.25) is 0 Å². The first-order valence-electron chi connectivity index (χ1n) is 10.9. The van der Waals surface area contributed by atoms with Crippen molar-refractivity contribution in [2.75, 3.05) is 0 Å². The highest BCUT2D eigenvalue weighted by Gasteiger charge is 2.49. The maximum Gasteiger partial charge on any atom is 0.300 e. The summed E-state index contributed by atoms with van der Waals surface area (Å²) in [5, 5.41) is 21.8. The first kappa shape index (κ1) is 23.4. The second-order valence-corrected chi connectivity index (χ2v) is 8.42. The lowest BCUT2D eigenvalue weighted by molar-refractivity contribution is -0.173. The van der Waals surface area contributed by atoms with E-state index in [4.69, 9.17) is 19.4 Å². The molecule has 1 heterocycles. The summed E-state index contributed by atoms with van der Waals surface area (Å²) in [4.78, 5) is 9.00. The lowest BCUT2D eigenvalue weighted by Crippen LogP contribution is -2.55. The number of aliphatic hydroxyl groups is 1. The van der Waals surface area contributed by atoms with Crippen LogP contribution in [-0.4, -0.2) is 46.6 Å². The number of carbonyl (C=O) groups is 1. The maximum absolute atomic E-state index is 10.8. The van der Waals surface area contributed by atoms with E-state index in [1.54, 1.807) is 0 Å². The number of benzene rings is 2. The van der Waals surface area contributed by atoms with Gasteiger partial charge < -0.3 is 25.0 Å². The van der Waals surface area contributed by atoms with Crippen LogP contribution >= 0.6 is 0 Å². The zero-order valence-electron chi connectivity index (χ0n) is 18.2. The molecular weight excluding hydrogens is 394 g/mol. The molecule has 1 saturated heterocycles. The molecule has 31 heavy (non-hydrogen) atoms. The Morgan fingerprint density at radius 3 is 1.94 bits per heavy atom. The molecule has 2 aromatic carbocycles. The Morgan fingerprint density at radius 1 is 0.935 bits per heavy atom. The molecule has 0 amide bonds. The minimum Gasteiger partial charge on any atom is -0.481 e. The SMILES string of the molecule is CC(=O)O.C[C@@H]1C[C@H]2[C@H](OCc3ccccc3)[C@H](OCc3ccccc3)[C@H](O)C[C@@H]2N1. The first-order valence-corrected chi connectivity index (χ1v) is 10.9. The molecule has 0 bridgehead atoms. The molecule has 0 radical (unpaired) electrons. The molecule has 3 N–H and O–H groups in total. The molecule has 6 nitrogen and oxygen atoms in total. The van der Waals surface area contributed by atoms with Gasteiger partial charge in [0.1, 0.15) is 6.10 Å². The van der Waals surface area contributed by atoms with Crippen LogP contribution in [0.25, 0.3) is 0 Å². The van der Waals surface area contributed by atoms with Gasteiger partial charge in [-0.25, -0.2) is 0 Å². The van der Waals surface area contributed by atoms with Crippen molar-refractivity contribution in [3.05, 3.63) is 71.8 Å². The van der Waals surface area contributed by atoms with Crippen LogP contribution in [0.15, 0.2) is 60.7 Å². The minimum atomic E-state index is -0.833. The third-order valence-corrected chi connectivity index (χ3v) is 5.83. The molecule has 6 heteroatoms. The van der Waals surface area contributed by atoms with Crippen LogP contribution in [0, 0.1) is 5.92 Å². The largest absolute Gasteiger partial charge is 0.481 e. The summed E-state index contributed by atoms with van der Waals surface area (Å²) in [6, 6.07) is 21.1. The second kappa shape index (κ2) is 11.4. The number of aliphatic hydroxyl groups excluding tert-OH is 1. The highest BCUT2D eigenvalue weighted by molar-refractivity contribution is 5.62. The van der Waals surface area contributed by atoms with Gasteiger partial charge in [0.15, 0.2) is 0 Å². The van der Waals surface area contributed by atoms with E-state index in [2.05, 4.69) is 36.5 Å². The predicted molar refractivity (Wildman–Crippen MR) is 118 cm³/mol. The number of fused-ring (bicyclic) bond motifs is 1. The van der Waals surface area contributed by atoms with Crippen molar-refractivity contribution >= 4 is 5.97 Å². The molecule has 4 rings (SSSR count).